The minimum Gasteiger partial charge on any atom is -0.497 e. The predicted molar refractivity (Wildman–Crippen MR) is 91.9 cm³/mol. The van der Waals surface area contributed by atoms with E-state index in [4.69, 9.17) is 33.0 Å². The maximum absolute atomic E-state index is 12.4. The number of carbonyl (C=O) groups is 2. The number of benzene rings is 2. The molecule has 1 amide bonds. The van der Waals surface area contributed by atoms with Gasteiger partial charge in [0.25, 0.3) is 5.91 Å². The van der Waals surface area contributed by atoms with E-state index < -0.39 is 17.9 Å². The molecule has 7 heteroatoms. The second kappa shape index (κ2) is 8.04. The number of carbonyl (C=O) groups excluding carboxylic acids is 1. The van der Waals surface area contributed by atoms with E-state index in [0.717, 1.165) is 0 Å². The largest absolute Gasteiger partial charge is 0.497 e. The quantitative estimate of drug-likeness (QED) is 0.810. The zero-order chi connectivity index (χ0) is 17.7. The predicted octanol–water partition coefficient (Wildman–Crippen LogP) is 3.95. The number of amides is 1. The molecule has 0 aliphatic heterocycles. The van der Waals surface area contributed by atoms with Gasteiger partial charge in [0.2, 0.25) is 0 Å². The monoisotopic (exact) mass is 367 g/mol. The topological polar surface area (TPSA) is 75.6 Å². The van der Waals surface area contributed by atoms with Gasteiger partial charge in [-0.05, 0) is 35.9 Å². The summed E-state index contributed by atoms with van der Waals surface area (Å²) in [7, 11) is 1.54. The van der Waals surface area contributed by atoms with Crippen LogP contribution < -0.4 is 10.1 Å². The van der Waals surface area contributed by atoms with Crippen molar-refractivity contribution in [2.45, 2.75) is 12.5 Å². The molecule has 0 saturated heterocycles. The number of ether oxygens (including phenoxy) is 1. The summed E-state index contributed by atoms with van der Waals surface area (Å²) in [5, 5.41) is 12.4. The molecule has 1 atom stereocenters. The Balaban J connectivity index is 2.24. The normalized spacial score (nSPS) is 11.6. The van der Waals surface area contributed by atoms with Crippen molar-refractivity contribution in [3.05, 3.63) is 63.6 Å². The minimum absolute atomic E-state index is 0.198. The number of halogens is 2. The van der Waals surface area contributed by atoms with Crippen LogP contribution in [0.3, 0.4) is 0 Å². The lowest BCUT2D eigenvalue weighted by Crippen LogP contribution is -2.30. The summed E-state index contributed by atoms with van der Waals surface area (Å²) < 4.78 is 5.07. The lowest BCUT2D eigenvalue weighted by atomic mass is 10.0. The van der Waals surface area contributed by atoms with Crippen LogP contribution in [0.25, 0.3) is 0 Å². The van der Waals surface area contributed by atoms with Crippen LogP contribution >= 0.6 is 23.2 Å². The summed E-state index contributed by atoms with van der Waals surface area (Å²) in [6, 6.07) is 10.6. The third kappa shape index (κ3) is 4.63. The molecule has 0 aliphatic carbocycles. The first kappa shape index (κ1) is 18.1. The smallest absolute Gasteiger partial charge is 0.305 e. The molecule has 0 fully saturated rings. The molecular weight excluding hydrogens is 353 g/mol. The Hall–Kier alpha value is -2.24. The van der Waals surface area contributed by atoms with E-state index in [9.17, 15) is 9.59 Å². The Morgan fingerprint density at radius 2 is 1.83 bits per heavy atom. The van der Waals surface area contributed by atoms with Crippen molar-refractivity contribution in [2.75, 3.05) is 7.11 Å². The van der Waals surface area contributed by atoms with Crippen LogP contribution in [0.2, 0.25) is 10.0 Å². The molecule has 2 aromatic carbocycles. The third-order valence-electron chi connectivity index (χ3n) is 3.38. The maximum Gasteiger partial charge on any atom is 0.305 e. The molecule has 24 heavy (non-hydrogen) atoms. The second-order valence-corrected chi connectivity index (χ2v) is 5.86. The number of carboxylic acids is 1. The molecule has 2 rings (SSSR count). The van der Waals surface area contributed by atoms with E-state index in [1.54, 1.807) is 30.3 Å². The number of hydrogen-bond donors (Lipinski definition) is 2. The summed E-state index contributed by atoms with van der Waals surface area (Å²) in [5.74, 6) is -0.864. The molecule has 5 nitrogen and oxygen atoms in total. The lowest BCUT2D eigenvalue weighted by Gasteiger charge is -2.18. The molecule has 2 N–H and O–H groups in total. The Labute approximate surface area is 149 Å². The molecule has 0 saturated carbocycles. The van der Waals surface area contributed by atoms with Gasteiger partial charge in [-0.25, -0.2) is 0 Å². The molecule has 0 aliphatic rings. The van der Waals surface area contributed by atoms with Crippen LogP contribution in [0.4, 0.5) is 0 Å². The average Bonchev–Trinajstić information content (AvgIpc) is 2.53. The highest BCUT2D eigenvalue weighted by molar-refractivity contribution is 6.36. The molecule has 0 heterocycles. The summed E-state index contributed by atoms with van der Waals surface area (Å²) in [6.07, 6.45) is -0.261. The summed E-state index contributed by atoms with van der Waals surface area (Å²) in [4.78, 5) is 23.5. The van der Waals surface area contributed by atoms with Crippen molar-refractivity contribution in [3.8, 4) is 5.75 Å². The van der Waals surface area contributed by atoms with Gasteiger partial charge in [0.15, 0.2) is 0 Å². The Kier molecular flexibility index (Phi) is 6.06. The van der Waals surface area contributed by atoms with E-state index in [2.05, 4.69) is 5.32 Å². The molecule has 0 aromatic heterocycles. The Morgan fingerprint density at radius 1 is 1.17 bits per heavy atom. The van der Waals surface area contributed by atoms with E-state index in [-0.39, 0.29) is 17.0 Å². The number of nitrogens with one attached hydrogen (secondary N) is 1. The average molecular weight is 368 g/mol. The standard InChI is InChI=1S/C17H15Cl2NO4/c1-24-12-5-2-10(3-6-12)15(9-16(21)22)20-17(23)13-7-4-11(18)8-14(13)19/h2-8,15H,9H2,1H3,(H,20,23)(H,21,22)/t15-/m0/s1. The number of methoxy groups -OCH3 is 1. The van der Waals surface area contributed by atoms with Gasteiger partial charge in [-0.1, -0.05) is 35.3 Å². The maximum atomic E-state index is 12.4. The van der Waals surface area contributed by atoms with Crippen molar-refractivity contribution < 1.29 is 19.4 Å². The lowest BCUT2D eigenvalue weighted by molar-refractivity contribution is -0.137. The van der Waals surface area contributed by atoms with Gasteiger partial charge in [0.1, 0.15) is 5.75 Å². The first-order valence-corrected chi connectivity index (χ1v) is 7.78. The number of hydrogen-bond acceptors (Lipinski definition) is 3. The molecule has 126 valence electrons. The highest BCUT2D eigenvalue weighted by Gasteiger charge is 2.20. The molecule has 0 unspecified atom stereocenters. The van der Waals surface area contributed by atoms with E-state index >= 15 is 0 Å². The Morgan fingerprint density at radius 3 is 2.38 bits per heavy atom. The molecule has 0 bridgehead atoms. The Bertz CT molecular complexity index is 747. The SMILES string of the molecule is COc1ccc([C@H](CC(=O)O)NC(=O)c2ccc(Cl)cc2Cl)cc1. The molecular formula is C17H15Cl2NO4. The van der Waals surface area contributed by atoms with E-state index in [1.165, 1.54) is 19.2 Å². The van der Waals surface area contributed by atoms with Crippen LogP contribution in [0.15, 0.2) is 42.5 Å². The number of carboxylic acid groups (broad SMARTS) is 1. The van der Waals surface area contributed by atoms with Gasteiger partial charge in [-0.3, -0.25) is 9.59 Å². The second-order valence-electron chi connectivity index (χ2n) is 5.02. The van der Waals surface area contributed by atoms with E-state index in [0.29, 0.717) is 16.3 Å². The molecule has 2 aromatic rings. The van der Waals surface area contributed by atoms with Crippen LogP contribution in [0.5, 0.6) is 5.75 Å². The number of aliphatic carboxylic acids is 1. The van der Waals surface area contributed by atoms with E-state index in [1.807, 2.05) is 0 Å². The molecule has 0 spiro atoms. The third-order valence-corrected chi connectivity index (χ3v) is 3.93. The first-order valence-electron chi connectivity index (χ1n) is 7.02. The highest BCUT2D eigenvalue weighted by atomic mass is 35.5. The van der Waals surface area contributed by atoms with Gasteiger partial charge in [0, 0.05) is 5.02 Å². The van der Waals surface area contributed by atoms with Crippen LogP contribution in [-0.4, -0.2) is 24.1 Å². The van der Waals surface area contributed by atoms with Gasteiger partial charge < -0.3 is 15.2 Å². The van der Waals surface area contributed by atoms with Crippen molar-refractivity contribution in [1.29, 1.82) is 0 Å². The fraction of sp³-hybridized carbons (Fsp3) is 0.176. The fourth-order valence-electron chi connectivity index (χ4n) is 2.17. The van der Waals surface area contributed by atoms with Gasteiger partial charge in [0.05, 0.1) is 30.2 Å². The number of rotatable bonds is 6. The van der Waals surface area contributed by atoms with Gasteiger partial charge >= 0.3 is 5.97 Å². The molecule has 0 radical (unpaired) electrons. The summed E-state index contributed by atoms with van der Waals surface area (Å²) in [6.45, 7) is 0. The van der Waals surface area contributed by atoms with Crippen LogP contribution in [-0.2, 0) is 4.79 Å². The van der Waals surface area contributed by atoms with Crippen molar-refractivity contribution in [1.82, 2.24) is 5.32 Å². The van der Waals surface area contributed by atoms with Crippen molar-refractivity contribution in [3.63, 3.8) is 0 Å². The van der Waals surface area contributed by atoms with Crippen LogP contribution in [0.1, 0.15) is 28.4 Å². The van der Waals surface area contributed by atoms with Crippen LogP contribution in [0, 0.1) is 0 Å². The minimum atomic E-state index is -1.03. The highest BCUT2D eigenvalue weighted by Crippen LogP contribution is 2.24. The summed E-state index contributed by atoms with van der Waals surface area (Å²) in [5.41, 5.74) is 0.876. The summed E-state index contributed by atoms with van der Waals surface area (Å²) >= 11 is 11.8. The first-order chi connectivity index (χ1) is 11.4. The van der Waals surface area contributed by atoms with Crippen molar-refractivity contribution >= 4 is 35.1 Å². The zero-order valence-corrected chi connectivity index (χ0v) is 14.3. The van der Waals surface area contributed by atoms with Crippen molar-refractivity contribution in [2.24, 2.45) is 0 Å². The van der Waals surface area contributed by atoms with Gasteiger partial charge in [-0.2, -0.15) is 0 Å². The fourth-order valence-corrected chi connectivity index (χ4v) is 2.67. The van der Waals surface area contributed by atoms with Gasteiger partial charge in [-0.15, -0.1) is 0 Å². The zero-order valence-electron chi connectivity index (χ0n) is 12.8.